The van der Waals surface area contributed by atoms with Gasteiger partial charge in [0.15, 0.2) is 0 Å². The van der Waals surface area contributed by atoms with Crippen molar-refractivity contribution in [1.82, 2.24) is 0 Å². The maximum Gasteiger partial charge on any atom is 0.102 e. The van der Waals surface area contributed by atoms with E-state index in [9.17, 15) is 0 Å². The molecule has 4 heteroatoms. The smallest absolute Gasteiger partial charge is 0.102 e. The molecule has 0 aliphatic heterocycles. The lowest BCUT2D eigenvalue weighted by Crippen LogP contribution is -3.04. The molecule has 1 N–H and O–H groups in total. The van der Waals surface area contributed by atoms with Crippen molar-refractivity contribution in [2.45, 2.75) is 6.54 Å². The van der Waals surface area contributed by atoms with Crippen molar-refractivity contribution >= 4 is 0 Å². The molecule has 0 heterocycles. The predicted octanol–water partition coefficient (Wildman–Crippen LogP) is 0.582. The number of hydrogen-bond acceptors (Lipinski definition) is 3. The normalized spacial score (nSPS) is 8.85. The largest absolute Gasteiger partial charge is 0.444 e. The second-order valence-corrected chi connectivity index (χ2v) is 2.94. The summed E-state index contributed by atoms with van der Waals surface area (Å²) in [6.45, 7) is 1.11. The summed E-state index contributed by atoms with van der Waals surface area (Å²) in [7, 11) is 4.32. The zero-order valence-electron chi connectivity index (χ0n) is 7.86. The standard InChI is InChI=1S/C9H13N.HNO2/c1-10(2)8-9-6-4-3-5-7-9;2-1-3/h3-7H,8H2,1-2H3;(H,2,3). The van der Waals surface area contributed by atoms with E-state index in [-0.39, 0.29) is 0 Å². The number of nitrogens with zero attached hydrogens (tertiary/aromatic N) is 1. The van der Waals surface area contributed by atoms with Crippen LogP contribution in [0.5, 0.6) is 0 Å². The second kappa shape index (κ2) is 7.24. The van der Waals surface area contributed by atoms with Crippen LogP contribution in [-0.4, -0.2) is 14.1 Å². The summed E-state index contributed by atoms with van der Waals surface area (Å²) in [4.78, 5) is 9.46. The van der Waals surface area contributed by atoms with Gasteiger partial charge < -0.3 is 15.0 Å². The summed E-state index contributed by atoms with van der Waals surface area (Å²) in [5.74, 6) is 0. The van der Waals surface area contributed by atoms with Crippen molar-refractivity contribution < 1.29 is 4.90 Å². The minimum atomic E-state index is 1.00. The summed E-state index contributed by atoms with van der Waals surface area (Å²) in [5, 5.41) is 9.00. The Labute approximate surface area is 77.7 Å². The second-order valence-electron chi connectivity index (χ2n) is 2.94. The molecule has 0 unspecified atom stereocenters. The van der Waals surface area contributed by atoms with Crippen LogP contribution in [0, 0.1) is 10.1 Å². The van der Waals surface area contributed by atoms with Gasteiger partial charge in [0, 0.05) is 5.56 Å². The highest BCUT2D eigenvalue weighted by Crippen LogP contribution is 1.94. The van der Waals surface area contributed by atoms with Crippen molar-refractivity contribution in [3.8, 4) is 0 Å². The van der Waals surface area contributed by atoms with Crippen molar-refractivity contribution in [1.29, 1.82) is 0 Å². The molecule has 4 nitrogen and oxygen atoms in total. The summed E-state index contributed by atoms with van der Waals surface area (Å²) in [6, 6.07) is 10.5. The van der Waals surface area contributed by atoms with E-state index in [1.807, 2.05) is 0 Å². The quantitative estimate of drug-likeness (QED) is 0.537. The van der Waals surface area contributed by atoms with Crippen LogP contribution in [0.25, 0.3) is 0 Å². The molecule has 0 bridgehead atoms. The highest BCUT2D eigenvalue weighted by molar-refractivity contribution is 5.12. The fourth-order valence-corrected chi connectivity index (χ4v) is 1.00. The molecular weight excluding hydrogens is 168 g/mol. The van der Waals surface area contributed by atoms with Gasteiger partial charge in [0.05, 0.1) is 14.1 Å². The molecule has 13 heavy (non-hydrogen) atoms. The van der Waals surface area contributed by atoms with Gasteiger partial charge in [-0.25, -0.2) is 0 Å². The Morgan fingerprint density at radius 1 is 1.31 bits per heavy atom. The third kappa shape index (κ3) is 6.96. The molecular formula is C9H14N2O2. The van der Waals surface area contributed by atoms with Gasteiger partial charge in [-0.3, -0.25) is 0 Å². The van der Waals surface area contributed by atoms with Gasteiger partial charge in [-0.15, -0.1) is 5.34 Å². The Kier molecular flexibility index (Phi) is 6.45. The van der Waals surface area contributed by atoms with E-state index in [0.717, 1.165) is 11.9 Å². The summed E-state index contributed by atoms with van der Waals surface area (Å²) in [5.41, 5.74) is 1.41. The topological polar surface area (TPSA) is 56.9 Å². The monoisotopic (exact) mass is 182 g/mol. The average molecular weight is 182 g/mol. The fourth-order valence-electron chi connectivity index (χ4n) is 1.00. The molecule has 0 atom stereocenters. The lowest BCUT2D eigenvalue weighted by Gasteiger charge is -2.05. The first-order chi connectivity index (χ1) is 6.20. The number of rotatable bonds is 2. The van der Waals surface area contributed by atoms with Crippen LogP contribution in [0.3, 0.4) is 0 Å². The van der Waals surface area contributed by atoms with Crippen LogP contribution >= 0.6 is 0 Å². The maximum absolute atomic E-state index is 8.00. The molecule has 0 saturated heterocycles. The van der Waals surface area contributed by atoms with Crippen LogP contribution in [0.2, 0.25) is 0 Å². The van der Waals surface area contributed by atoms with E-state index in [1.54, 1.807) is 0 Å². The van der Waals surface area contributed by atoms with Gasteiger partial charge in [0.1, 0.15) is 6.54 Å². The summed E-state index contributed by atoms with van der Waals surface area (Å²) >= 11 is 0. The summed E-state index contributed by atoms with van der Waals surface area (Å²) in [6.07, 6.45) is 0. The van der Waals surface area contributed by atoms with Crippen LogP contribution in [0.1, 0.15) is 5.56 Å². The molecule has 1 rings (SSSR count). The highest BCUT2D eigenvalue weighted by atomic mass is 16.6. The lowest BCUT2D eigenvalue weighted by molar-refractivity contribution is -0.872. The van der Waals surface area contributed by atoms with Crippen molar-refractivity contribution in [3.63, 3.8) is 0 Å². The zero-order valence-corrected chi connectivity index (χ0v) is 7.86. The molecule has 0 fully saturated rings. The number of nitrogens with one attached hydrogen (secondary N) is 1. The molecule has 0 amide bonds. The van der Waals surface area contributed by atoms with E-state index >= 15 is 0 Å². The molecule has 1 aromatic rings. The van der Waals surface area contributed by atoms with Crippen LogP contribution in [0.15, 0.2) is 35.7 Å². The third-order valence-corrected chi connectivity index (χ3v) is 1.40. The Bertz CT molecular complexity index is 224. The Morgan fingerprint density at radius 3 is 2.15 bits per heavy atom. The first-order valence-corrected chi connectivity index (χ1v) is 3.98. The van der Waals surface area contributed by atoms with Gasteiger partial charge in [-0.1, -0.05) is 30.3 Å². The van der Waals surface area contributed by atoms with Crippen molar-refractivity contribution in [3.05, 3.63) is 46.0 Å². The van der Waals surface area contributed by atoms with E-state index in [4.69, 9.17) is 10.1 Å². The van der Waals surface area contributed by atoms with E-state index in [2.05, 4.69) is 44.4 Å². The lowest BCUT2D eigenvalue weighted by atomic mass is 10.2. The molecule has 0 aliphatic rings. The highest BCUT2D eigenvalue weighted by Gasteiger charge is 1.93. The number of quaternary nitrogens is 1. The predicted molar refractivity (Wildman–Crippen MR) is 52.1 cm³/mol. The maximum atomic E-state index is 8.00. The Hall–Kier alpha value is -1.42. The summed E-state index contributed by atoms with van der Waals surface area (Å²) < 4.78 is 0. The minimum absolute atomic E-state index is 1.00. The molecule has 0 saturated carbocycles. The minimum Gasteiger partial charge on any atom is -0.444 e. The number of benzene rings is 1. The van der Waals surface area contributed by atoms with Gasteiger partial charge in [0.2, 0.25) is 0 Å². The van der Waals surface area contributed by atoms with Gasteiger partial charge >= 0.3 is 0 Å². The van der Waals surface area contributed by atoms with E-state index in [0.29, 0.717) is 0 Å². The Balaban J connectivity index is 0.000000424. The first kappa shape index (κ1) is 11.6. The molecule has 0 radical (unpaired) electrons. The first-order valence-electron chi connectivity index (χ1n) is 3.98. The number of hydrogen-bond donors (Lipinski definition) is 1. The molecule has 0 aliphatic carbocycles. The van der Waals surface area contributed by atoms with Gasteiger partial charge in [-0.2, -0.15) is 0 Å². The van der Waals surface area contributed by atoms with E-state index < -0.39 is 0 Å². The zero-order chi connectivity index (χ0) is 10.1. The SMILES string of the molecule is C[NH+](C)Cc1ccccc1.O=N[O-]. The van der Waals surface area contributed by atoms with Crippen LogP contribution in [-0.2, 0) is 6.54 Å². The van der Waals surface area contributed by atoms with Crippen LogP contribution in [0.4, 0.5) is 0 Å². The van der Waals surface area contributed by atoms with Crippen molar-refractivity contribution in [2.24, 2.45) is 5.34 Å². The molecule has 0 aromatic heterocycles. The molecule has 72 valence electrons. The van der Waals surface area contributed by atoms with Gasteiger partial charge in [0.25, 0.3) is 0 Å². The van der Waals surface area contributed by atoms with Crippen LogP contribution < -0.4 is 4.90 Å². The fraction of sp³-hybridized carbons (Fsp3) is 0.333. The van der Waals surface area contributed by atoms with E-state index in [1.165, 1.54) is 10.5 Å². The molecule has 0 spiro atoms. The van der Waals surface area contributed by atoms with Gasteiger partial charge in [-0.05, 0) is 0 Å². The molecule has 1 aromatic carbocycles. The third-order valence-electron chi connectivity index (χ3n) is 1.40. The Morgan fingerprint density at radius 2 is 1.77 bits per heavy atom. The average Bonchev–Trinajstić information content (AvgIpc) is 2.06. The van der Waals surface area contributed by atoms with Crippen molar-refractivity contribution in [2.75, 3.05) is 14.1 Å².